The standard InChI is InChI=1S/C13H20N2O2.C12H18N2O2.C9H12N2O2.2CO2.CH4/c1-10-6-11(8-14-7-10)9-15(5)12(16)17-13(2,3)4;1-9-5-10(7-13-6-9)8-14-11(15)16-12(2,3)4;1-10-4-7-3-8(6-11-5-7)9(12)13-2;2*2-1-3;/h6-8H,9H2,1-5H3;5-7H,8H2,1-4H3,(H,14,15);3,5-6,10H,4H2,1-2H3;;;1H4. The Kier molecular flexibility index (Phi) is 27.1. The summed E-state index contributed by atoms with van der Waals surface area (Å²) >= 11 is 0. The molecule has 3 heterocycles. The number of carbonyl (C=O) groups excluding carboxylic acids is 7. The van der Waals surface area contributed by atoms with Gasteiger partial charge >= 0.3 is 30.5 Å². The van der Waals surface area contributed by atoms with Crippen LogP contribution in [0.3, 0.4) is 0 Å². The molecule has 53 heavy (non-hydrogen) atoms. The van der Waals surface area contributed by atoms with Crippen LogP contribution in [-0.2, 0) is 53.0 Å². The zero-order valence-electron chi connectivity index (χ0n) is 31.7. The van der Waals surface area contributed by atoms with Crippen LogP contribution in [0.25, 0.3) is 0 Å². The summed E-state index contributed by atoms with van der Waals surface area (Å²) in [5, 5.41) is 5.66. The maximum absolute atomic E-state index is 11.7. The van der Waals surface area contributed by atoms with E-state index < -0.39 is 17.3 Å². The van der Waals surface area contributed by atoms with Crippen molar-refractivity contribution in [1.29, 1.82) is 0 Å². The Bertz CT molecular complexity index is 1580. The third kappa shape index (κ3) is 28.6. The lowest BCUT2D eigenvalue weighted by Gasteiger charge is -2.24. The van der Waals surface area contributed by atoms with Gasteiger partial charge in [-0.1, -0.05) is 19.6 Å². The molecule has 2 amide bonds. The van der Waals surface area contributed by atoms with E-state index in [2.05, 4.69) is 30.3 Å². The maximum atomic E-state index is 11.7. The van der Waals surface area contributed by atoms with Crippen LogP contribution in [0, 0.1) is 13.8 Å². The lowest BCUT2D eigenvalue weighted by molar-refractivity contribution is -0.193. The Morgan fingerprint density at radius 3 is 1.58 bits per heavy atom. The summed E-state index contributed by atoms with van der Waals surface area (Å²) in [7, 11) is 4.91. The Morgan fingerprint density at radius 1 is 0.717 bits per heavy atom. The van der Waals surface area contributed by atoms with E-state index in [-0.39, 0.29) is 31.8 Å². The number of esters is 1. The molecule has 3 rings (SSSR count). The fraction of sp³-hybridized carbons (Fsp3) is 0.459. The normalized spacial score (nSPS) is 9.57. The summed E-state index contributed by atoms with van der Waals surface area (Å²) in [4.78, 5) is 80.3. The Labute approximate surface area is 312 Å². The van der Waals surface area contributed by atoms with Gasteiger partial charge in [0.2, 0.25) is 0 Å². The highest BCUT2D eigenvalue weighted by molar-refractivity contribution is 5.89. The molecule has 2 N–H and O–H groups in total. The van der Waals surface area contributed by atoms with Crippen molar-refractivity contribution in [1.82, 2.24) is 30.5 Å². The Morgan fingerprint density at radius 2 is 1.15 bits per heavy atom. The van der Waals surface area contributed by atoms with Crippen LogP contribution >= 0.6 is 0 Å². The molecule has 0 saturated carbocycles. The van der Waals surface area contributed by atoms with Crippen molar-refractivity contribution in [3.05, 3.63) is 88.8 Å². The summed E-state index contributed by atoms with van der Waals surface area (Å²) in [5.74, 6) is -0.356. The van der Waals surface area contributed by atoms with Gasteiger partial charge in [0.25, 0.3) is 0 Å². The van der Waals surface area contributed by atoms with Gasteiger partial charge in [0.15, 0.2) is 0 Å². The first kappa shape index (κ1) is 51.5. The van der Waals surface area contributed by atoms with E-state index in [4.69, 9.17) is 28.7 Å². The molecule has 0 aliphatic carbocycles. The zero-order valence-corrected chi connectivity index (χ0v) is 31.7. The maximum Gasteiger partial charge on any atom is 0.410 e. The predicted molar refractivity (Wildman–Crippen MR) is 194 cm³/mol. The molecule has 16 heteroatoms. The minimum Gasteiger partial charge on any atom is -0.465 e. The number of hydrogen-bond acceptors (Lipinski definition) is 14. The molecule has 0 unspecified atom stereocenters. The first-order valence-corrected chi connectivity index (χ1v) is 15.6. The number of aromatic nitrogens is 3. The highest BCUT2D eigenvalue weighted by atomic mass is 16.6. The largest absolute Gasteiger partial charge is 0.465 e. The predicted octanol–water partition coefficient (Wildman–Crippen LogP) is 5.23. The van der Waals surface area contributed by atoms with E-state index in [1.54, 1.807) is 49.0 Å². The molecule has 0 aromatic carbocycles. The summed E-state index contributed by atoms with van der Waals surface area (Å²) in [6, 6.07) is 5.74. The van der Waals surface area contributed by atoms with Gasteiger partial charge < -0.3 is 29.7 Å². The van der Waals surface area contributed by atoms with E-state index in [0.717, 1.165) is 27.8 Å². The van der Waals surface area contributed by atoms with Gasteiger partial charge in [0.05, 0.1) is 19.2 Å². The smallest absolute Gasteiger partial charge is 0.410 e. The lowest BCUT2D eigenvalue weighted by Crippen LogP contribution is -2.33. The van der Waals surface area contributed by atoms with E-state index in [1.165, 1.54) is 13.3 Å². The number of nitrogens with zero attached hydrogens (tertiary/aromatic N) is 4. The van der Waals surface area contributed by atoms with Crippen molar-refractivity contribution in [3.63, 3.8) is 0 Å². The lowest BCUT2D eigenvalue weighted by atomic mass is 10.2. The van der Waals surface area contributed by atoms with E-state index in [0.29, 0.717) is 25.2 Å². The molecule has 0 spiro atoms. The van der Waals surface area contributed by atoms with Crippen LogP contribution in [-0.4, -0.2) is 82.7 Å². The number of alkyl carbamates (subject to hydrolysis) is 1. The number of carbonyl (C=O) groups is 3. The van der Waals surface area contributed by atoms with Gasteiger partial charge in [0.1, 0.15) is 11.2 Å². The number of pyridine rings is 3. The van der Waals surface area contributed by atoms with Gasteiger partial charge in [-0.2, -0.15) is 19.2 Å². The molecule has 0 radical (unpaired) electrons. The number of hydrogen-bond donors (Lipinski definition) is 2. The monoisotopic (exact) mass is 742 g/mol. The highest BCUT2D eigenvalue weighted by Gasteiger charge is 2.19. The minimum absolute atomic E-state index is 0. The van der Waals surface area contributed by atoms with Crippen LogP contribution in [0.15, 0.2) is 55.4 Å². The molecule has 3 aromatic rings. The third-order valence-electron chi connectivity index (χ3n) is 5.42. The number of methoxy groups -OCH3 is 1. The third-order valence-corrected chi connectivity index (χ3v) is 5.42. The SMILES string of the molecule is C.CNCc1cncc(C(=O)OC)c1.Cc1cncc(CN(C)C(=O)OC(C)(C)C)c1.Cc1cncc(CNC(=O)OC(C)(C)C)c1.O=C=O.O=C=O. The van der Waals surface area contributed by atoms with Crippen molar-refractivity contribution in [2.45, 2.75) is 93.7 Å². The average Bonchev–Trinajstić information content (AvgIpc) is 3.04. The minimum atomic E-state index is -0.463. The molecule has 0 bridgehead atoms. The number of aryl methyl sites for hydroxylation is 2. The highest BCUT2D eigenvalue weighted by Crippen LogP contribution is 2.12. The van der Waals surface area contributed by atoms with Crippen molar-refractivity contribution < 1.29 is 47.8 Å². The molecule has 0 fully saturated rings. The second-order valence-electron chi connectivity index (χ2n) is 12.7. The molecule has 16 nitrogen and oxygen atoms in total. The summed E-state index contributed by atoms with van der Waals surface area (Å²) in [6.45, 7) is 16.6. The van der Waals surface area contributed by atoms with Crippen LogP contribution < -0.4 is 10.6 Å². The van der Waals surface area contributed by atoms with E-state index >= 15 is 0 Å². The first-order chi connectivity index (χ1) is 24.2. The average molecular weight is 743 g/mol. The molecule has 0 aliphatic heterocycles. The van der Waals surface area contributed by atoms with Gasteiger partial charge in [-0.15, -0.1) is 0 Å². The van der Waals surface area contributed by atoms with Gasteiger partial charge in [0, 0.05) is 57.3 Å². The molecule has 0 atom stereocenters. The van der Waals surface area contributed by atoms with Crippen LogP contribution in [0.2, 0.25) is 0 Å². The van der Waals surface area contributed by atoms with Crippen molar-refractivity contribution >= 4 is 30.5 Å². The van der Waals surface area contributed by atoms with Crippen LogP contribution in [0.5, 0.6) is 0 Å². The van der Waals surface area contributed by atoms with Gasteiger partial charge in [-0.25, -0.2) is 14.4 Å². The molecular weight excluding hydrogens is 688 g/mol. The number of nitrogens with one attached hydrogen (secondary N) is 2. The summed E-state index contributed by atoms with van der Waals surface area (Å²) < 4.78 is 15.0. The fourth-order valence-electron chi connectivity index (χ4n) is 3.60. The van der Waals surface area contributed by atoms with Crippen LogP contribution in [0.1, 0.15) is 87.1 Å². The van der Waals surface area contributed by atoms with Crippen molar-refractivity contribution in [2.24, 2.45) is 0 Å². The summed E-state index contributed by atoms with van der Waals surface area (Å²) in [6.07, 6.45) is 10.0. The van der Waals surface area contributed by atoms with Gasteiger partial charge in [-0.05, 0) is 96.3 Å². The summed E-state index contributed by atoms with van der Waals surface area (Å²) in [5.41, 5.74) is 4.64. The topological polar surface area (TPSA) is 213 Å². The molecule has 0 saturated heterocycles. The number of amides is 2. The quantitative estimate of drug-likeness (QED) is 0.234. The second kappa shape index (κ2) is 27.8. The molecule has 3 aromatic heterocycles. The Hall–Kier alpha value is -5.82. The van der Waals surface area contributed by atoms with Crippen molar-refractivity contribution in [3.8, 4) is 0 Å². The van der Waals surface area contributed by atoms with E-state index in [1.807, 2.05) is 74.6 Å². The van der Waals surface area contributed by atoms with E-state index in [9.17, 15) is 14.4 Å². The van der Waals surface area contributed by atoms with Crippen LogP contribution in [0.4, 0.5) is 9.59 Å². The number of ether oxygens (including phenoxy) is 3. The number of rotatable bonds is 7. The fourth-order valence-corrected chi connectivity index (χ4v) is 3.60. The molecule has 0 aliphatic rings. The molecule has 292 valence electrons. The van der Waals surface area contributed by atoms with Gasteiger partial charge in [-0.3, -0.25) is 15.0 Å². The Balaban J connectivity index is -0.000000655. The molecular formula is C37H54N6O10. The second-order valence-corrected chi connectivity index (χ2v) is 12.7. The van der Waals surface area contributed by atoms with Crippen molar-refractivity contribution in [2.75, 3.05) is 21.2 Å². The first-order valence-electron chi connectivity index (χ1n) is 15.6. The zero-order chi connectivity index (χ0) is 40.3.